The number of nitrogens with one attached hydrogen (secondary N) is 2. The van der Waals surface area contributed by atoms with Gasteiger partial charge in [0.15, 0.2) is 5.78 Å². The molecule has 1 aliphatic heterocycles. The number of H-pyrrole nitrogens is 1. The highest BCUT2D eigenvalue weighted by molar-refractivity contribution is 6.01. The Kier molecular flexibility index (Phi) is 4.78. The zero-order valence-corrected chi connectivity index (χ0v) is 12.9. The van der Waals surface area contributed by atoms with E-state index in [-0.39, 0.29) is 11.7 Å². The van der Waals surface area contributed by atoms with Crippen LogP contribution in [0.4, 0.5) is 0 Å². The zero-order valence-electron chi connectivity index (χ0n) is 12.9. The van der Waals surface area contributed by atoms with E-state index in [0.717, 1.165) is 41.8 Å². The van der Waals surface area contributed by atoms with Gasteiger partial charge in [-0.1, -0.05) is 20.8 Å². The number of hydrogen-bond acceptors (Lipinski definition) is 2. The third-order valence-corrected chi connectivity index (χ3v) is 3.70. The molecular weight excluding hydrogens is 264 g/mol. The molecule has 4 nitrogen and oxygen atoms in total. The minimum atomic E-state index is -0.00515. The number of aromatic amines is 1. The summed E-state index contributed by atoms with van der Waals surface area (Å²) in [6.07, 6.45) is 4.84. The molecule has 21 heavy (non-hydrogen) atoms. The van der Waals surface area contributed by atoms with E-state index in [1.165, 1.54) is 0 Å². The summed E-state index contributed by atoms with van der Waals surface area (Å²) in [5.41, 5.74) is 4.24. The number of allylic oxidation sites excluding steroid dienone is 1. The molecule has 4 heteroatoms. The Morgan fingerprint density at radius 1 is 1.14 bits per heavy atom. The van der Waals surface area contributed by atoms with Gasteiger partial charge >= 0.3 is 0 Å². The molecule has 0 saturated heterocycles. The predicted octanol–water partition coefficient (Wildman–Crippen LogP) is 3.58. The van der Waals surface area contributed by atoms with Gasteiger partial charge in [0, 0.05) is 23.4 Å². The molecule has 0 aliphatic carbocycles. The van der Waals surface area contributed by atoms with E-state index in [9.17, 15) is 9.59 Å². The van der Waals surface area contributed by atoms with Crippen molar-refractivity contribution in [2.24, 2.45) is 0 Å². The molecule has 0 bridgehead atoms. The van der Waals surface area contributed by atoms with Crippen LogP contribution >= 0.6 is 0 Å². The number of carbonyl (C=O) groups excluding carboxylic acids is 2. The van der Waals surface area contributed by atoms with Crippen LogP contribution in [-0.2, 0) is 4.79 Å². The Balaban J connectivity index is 2.27. The van der Waals surface area contributed by atoms with Crippen LogP contribution in [0.2, 0.25) is 0 Å². The van der Waals surface area contributed by atoms with Crippen LogP contribution in [0.1, 0.15) is 62.6 Å². The molecule has 0 radical (unpaired) electrons. The maximum atomic E-state index is 11.9. The highest BCUT2D eigenvalue weighted by Gasteiger charge is 2.24. The molecule has 0 fully saturated rings. The second-order valence-corrected chi connectivity index (χ2v) is 5.18. The van der Waals surface area contributed by atoms with E-state index in [0.29, 0.717) is 12.1 Å². The lowest BCUT2D eigenvalue weighted by molar-refractivity contribution is -0.116. The Morgan fingerprint density at radius 3 is 2.48 bits per heavy atom. The molecule has 0 atom stereocenters. The molecule has 0 spiro atoms. The van der Waals surface area contributed by atoms with Crippen molar-refractivity contribution in [2.75, 3.05) is 0 Å². The summed E-state index contributed by atoms with van der Waals surface area (Å²) in [4.78, 5) is 26.9. The van der Waals surface area contributed by atoms with E-state index in [4.69, 9.17) is 0 Å². The average molecular weight is 286 g/mol. The van der Waals surface area contributed by atoms with Gasteiger partial charge in [-0.15, -0.1) is 0 Å². The summed E-state index contributed by atoms with van der Waals surface area (Å²) < 4.78 is 0. The minimum Gasteiger partial charge on any atom is -0.353 e. The third kappa shape index (κ3) is 3.15. The van der Waals surface area contributed by atoms with Crippen molar-refractivity contribution in [3.8, 4) is 0 Å². The number of carbonyl (C=O) groups is 2. The summed E-state index contributed by atoms with van der Waals surface area (Å²) >= 11 is 0. The number of amides is 1. The highest BCUT2D eigenvalue weighted by Crippen LogP contribution is 2.27. The van der Waals surface area contributed by atoms with Crippen molar-refractivity contribution < 1.29 is 9.59 Å². The van der Waals surface area contributed by atoms with E-state index >= 15 is 0 Å². The maximum Gasteiger partial charge on any atom is 0.251 e. The number of ketones is 1. The van der Waals surface area contributed by atoms with Gasteiger partial charge in [-0.2, -0.15) is 0 Å². The molecule has 1 aromatic rings. The van der Waals surface area contributed by atoms with Crippen molar-refractivity contribution >= 4 is 17.8 Å². The fourth-order valence-electron chi connectivity index (χ4n) is 2.65. The molecule has 2 rings (SSSR count). The fraction of sp³-hybridized carbons (Fsp3) is 0.412. The Morgan fingerprint density at radius 2 is 1.86 bits per heavy atom. The van der Waals surface area contributed by atoms with Gasteiger partial charge in [0.25, 0.3) is 5.91 Å². The summed E-state index contributed by atoms with van der Waals surface area (Å²) in [6.45, 7) is 6.02. The number of aromatic nitrogens is 1. The van der Waals surface area contributed by atoms with E-state index in [1.54, 1.807) is 6.07 Å². The summed E-state index contributed by atoms with van der Waals surface area (Å²) in [5, 5.41) is 2.91. The van der Waals surface area contributed by atoms with Crippen LogP contribution in [0.5, 0.6) is 0 Å². The number of hydrogen-bond donors (Lipinski definition) is 2. The van der Waals surface area contributed by atoms with Gasteiger partial charge in [0.1, 0.15) is 0 Å². The average Bonchev–Trinajstić information content (AvgIpc) is 3.03. The number of Topliss-reactive ketones (excluding diaryl/α,β-unsaturated/α-hetero) is 1. The summed E-state index contributed by atoms with van der Waals surface area (Å²) in [7, 11) is 0. The molecular formula is C17H22N2O2. The first kappa shape index (κ1) is 15.3. The lowest BCUT2D eigenvalue weighted by atomic mass is 10.0. The summed E-state index contributed by atoms with van der Waals surface area (Å²) in [5.74, 6) is 0.118. The van der Waals surface area contributed by atoms with E-state index < -0.39 is 0 Å². The van der Waals surface area contributed by atoms with Gasteiger partial charge < -0.3 is 10.3 Å². The molecule has 0 aromatic carbocycles. The first-order chi connectivity index (χ1) is 10.1. The highest BCUT2D eigenvalue weighted by atomic mass is 16.2. The molecule has 1 amide bonds. The van der Waals surface area contributed by atoms with Crippen molar-refractivity contribution in [1.29, 1.82) is 0 Å². The van der Waals surface area contributed by atoms with Gasteiger partial charge in [-0.25, -0.2) is 0 Å². The van der Waals surface area contributed by atoms with Crippen LogP contribution in [-0.4, -0.2) is 16.7 Å². The Labute approximate surface area is 125 Å². The van der Waals surface area contributed by atoms with Gasteiger partial charge in [-0.05, 0) is 43.0 Å². The molecule has 0 unspecified atom stereocenters. The molecule has 1 aromatic heterocycles. The van der Waals surface area contributed by atoms with Crippen molar-refractivity contribution in [3.63, 3.8) is 0 Å². The first-order valence-corrected chi connectivity index (χ1v) is 7.58. The van der Waals surface area contributed by atoms with Gasteiger partial charge in [0.05, 0.1) is 5.69 Å². The first-order valence-electron chi connectivity index (χ1n) is 7.58. The Hall–Kier alpha value is -2.10. The minimum absolute atomic E-state index is 0.00515. The largest absolute Gasteiger partial charge is 0.353 e. The van der Waals surface area contributed by atoms with Crippen LogP contribution < -0.4 is 5.32 Å². The van der Waals surface area contributed by atoms with Crippen LogP contribution in [0.25, 0.3) is 6.08 Å². The lowest BCUT2D eigenvalue weighted by Gasteiger charge is -2.02. The molecule has 2 N–H and O–H groups in total. The Bertz CT molecular complexity index is 620. The quantitative estimate of drug-likeness (QED) is 0.785. The fourth-order valence-corrected chi connectivity index (χ4v) is 2.65. The summed E-state index contributed by atoms with van der Waals surface area (Å²) in [6, 6.07) is 3.68. The molecule has 2 heterocycles. The smallest absolute Gasteiger partial charge is 0.251 e. The second-order valence-electron chi connectivity index (χ2n) is 5.18. The van der Waals surface area contributed by atoms with Crippen molar-refractivity contribution in [2.45, 2.75) is 46.5 Å². The van der Waals surface area contributed by atoms with E-state index in [2.05, 4.69) is 10.3 Å². The third-order valence-electron chi connectivity index (χ3n) is 3.70. The van der Waals surface area contributed by atoms with Crippen LogP contribution in [0.3, 0.4) is 0 Å². The number of rotatable bonds is 6. The van der Waals surface area contributed by atoms with E-state index in [1.807, 2.05) is 32.9 Å². The van der Waals surface area contributed by atoms with Crippen LogP contribution in [0, 0.1) is 0 Å². The second kappa shape index (κ2) is 6.57. The van der Waals surface area contributed by atoms with Gasteiger partial charge in [-0.3, -0.25) is 9.59 Å². The topological polar surface area (TPSA) is 62.0 Å². The molecule has 112 valence electrons. The normalized spacial score (nSPS) is 16.7. The van der Waals surface area contributed by atoms with Gasteiger partial charge in [0.2, 0.25) is 0 Å². The SMILES string of the molecule is CCCC(=O)c1ccc(/C=C2\NC(=O)C(CC)=C2CC)[nH]1. The molecule has 0 saturated carbocycles. The van der Waals surface area contributed by atoms with Crippen molar-refractivity contribution in [3.05, 3.63) is 40.4 Å². The monoisotopic (exact) mass is 286 g/mol. The predicted molar refractivity (Wildman–Crippen MR) is 83.8 cm³/mol. The standard InChI is InChI=1S/C17H22N2O2/c1-4-7-16(20)14-9-8-11(18-14)10-15-12(5-2)13(6-3)17(21)19-15/h8-10,18H,4-7H2,1-3H3,(H,19,21)/b15-10-. The van der Waals surface area contributed by atoms with Crippen LogP contribution in [0.15, 0.2) is 29.0 Å². The zero-order chi connectivity index (χ0) is 15.4. The van der Waals surface area contributed by atoms with Crippen molar-refractivity contribution in [1.82, 2.24) is 10.3 Å². The molecule has 1 aliphatic rings. The maximum absolute atomic E-state index is 11.9. The lowest BCUT2D eigenvalue weighted by Crippen LogP contribution is -2.16.